The van der Waals surface area contributed by atoms with Crippen LogP contribution in [0, 0.1) is 0 Å². The Balaban J connectivity index is 1.73. The smallest absolute Gasteiger partial charge is 0.537 e. The number of nitrogens with zero attached hydrogens (tertiary/aromatic N) is 2. The molecule has 0 saturated carbocycles. The van der Waals surface area contributed by atoms with E-state index in [-0.39, 0.29) is 11.1 Å². The fourth-order valence-corrected chi connectivity index (χ4v) is 4.21. The summed E-state index contributed by atoms with van der Waals surface area (Å²) >= 11 is 0. The van der Waals surface area contributed by atoms with Gasteiger partial charge < -0.3 is 19.7 Å². The Labute approximate surface area is 233 Å². The number of rotatable bonds is 10. The van der Waals surface area contributed by atoms with Gasteiger partial charge in [0.2, 0.25) is 0 Å². The van der Waals surface area contributed by atoms with E-state index < -0.39 is 18.9 Å². The zero-order chi connectivity index (χ0) is 28.6. The number of nitrogens with one attached hydrogen (secondary N) is 1. The Morgan fingerprint density at radius 1 is 0.925 bits per heavy atom. The fourth-order valence-electron chi connectivity index (χ4n) is 4.21. The van der Waals surface area contributed by atoms with Crippen LogP contribution in [-0.4, -0.2) is 41.7 Å². The SMILES string of the molecule is C=C(C)C(=O)NC(=O)c1cc(-c2ccc[n+](Cc3ccccc3B(O)O)c2)c[n+](Cc2ccccc2O[B]O)c1. The molecule has 2 amide bonds. The zero-order valence-electron chi connectivity index (χ0n) is 21.9. The first-order valence-corrected chi connectivity index (χ1v) is 12.4. The predicted octanol–water partition coefficient (Wildman–Crippen LogP) is 0.443. The highest BCUT2D eigenvalue weighted by Gasteiger charge is 2.21. The number of pyridine rings is 2. The molecular weight excluding hydrogens is 508 g/mol. The molecule has 0 fully saturated rings. The summed E-state index contributed by atoms with van der Waals surface area (Å²) in [6.45, 7) is 5.80. The molecule has 2 aromatic heterocycles. The molecule has 0 saturated heterocycles. The molecule has 0 spiro atoms. The summed E-state index contributed by atoms with van der Waals surface area (Å²) in [5.74, 6) is -0.693. The molecule has 0 aliphatic heterocycles. The van der Waals surface area contributed by atoms with Gasteiger partial charge in [0.05, 0.1) is 16.7 Å². The average Bonchev–Trinajstić information content (AvgIpc) is 2.94. The molecule has 0 aliphatic rings. The third kappa shape index (κ3) is 7.09. The van der Waals surface area contributed by atoms with E-state index in [1.807, 2.05) is 59.6 Å². The number of hydrogen-bond acceptors (Lipinski definition) is 6. The summed E-state index contributed by atoms with van der Waals surface area (Å²) in [6.07, 6.45) is 7.24. The topological polar surface area (TPSA) is 124 Å². The molecule has 199 valence electrons. The summed E-state index contributed by atoms with van der Waals surface area (Å²) < 4.78 is 8.92. The molecule has 9 nitrogen and oxygen atoms in total. The maximum atomic E-state index is 13.0. The Kier molecular flexibility index (Phi) is 9.23. The zero-order valence-corrected chi connectivity index (χ0v) is 21.9. The molecule has 2 aromatic carbocycles. The monoisotopic (exact) mass is 536 g/mol. The van der Waals surface area contributed by atoms with E-state index in [2.05, 4.69) is 11.9 Å². The Morgan fingerprint density at radius 2 is 1.60 bits per heavy atom. The molecule has 1 radical (unpaired) electrons. The Hall–Kier alpha value is -4.57. The molecule has 0 unspecified atom stereocenters. The van der Waals surface area contributed by atoms with Gasteiger partial charge in [-0.1, -0.05) is 43.0 Å². The highest BCUT2D eigenvalue weighted by molar-refractivity contribution is 6.59. The fraction of sp³-hybridized carbons (Fsp3) is 0.103. The van der Waals surface area contributed by atoms with Gasteiger partial charge in [0.1, 0.15) is 11.3 Å². The first-order valence-electron chi connectivity index (χ1n) is 12.4. The van der Waals surface area contributed by atoms with Crippen molar-refractivity contribution in [2.75, 3.05) is 0 Å². The second kappa shape index (κ2) is 13.0. The van der Waals surface area contributed by atoms with Gasteiger partial charge in [0.25, 0.3) is 11.8 Å². The minimum atomic E-state index is -1.59. The van der Waals surface area contributed by atoms with E-state index in [9.17, 15) is 19.6 Å². The number of imide groups is 1. The van der Waals surface area contributed by atoms with E-state index in [4.69, 9.17) is 9.68 Å². The summed E-state index contributed by atoms with van der Waals surface area (Å²) in [7, 11) is -0.982. The van der Waals surface area contributed by atoms with Gasteiger partial charge in [-0.25, -0.2) is 4.57 Å². The minimum Gasteiger partial charge on any atom is -0.537 e. The van der Waals surface area contributed by atoms with Crippen LogP contribution in [0.15, 0.2) is 104 Å². The van der Waals surface area contributed by atoms with Crippen molar-refractivity contribution >= 4 is 32.1 Å². The minimum absolute atomic E-state index is 0.209. The van der Waals surface area contributed by atoms with Crippen LogP contribution in [0.4, 0.5) is 0 Å². The third-order valence-electron chi connectivity index (χ3n) is 6.18. The van der Waals surface area contributed by atoms with Crippen LogP contribution in [0.1, 0.15) is 28.4 Å². The number of carbonyl (C=O) groups excluding carboxylic acids is 2. The van der Waals surface area contributed by atoms with Crippen molar-refractivity contribution in [2.24, 2.45) is 0 Å². The molecule has 0 atom stereocenters. The van der Waals surface area contributed by atoms with Gasteiger partial charge >= 0.3 is 14.8 Å². The van der Waals surface area contributed by atoms with Crippen molar-refractivity contribution in [1.29, 1.82) is 0 Å². The van der Waals surface area contributed by atoms with Crippen molar-refractivity contribution in [3.63, 3.8) is 0 Å². The highest BCUT2D eigenvalue weighted by atomic mass is 16.5. The number of hydrogen-bond donors (Lipinski definition) is 4. The molecule has 0 aliphatic carbocycles. The van der Waals surface area contributed by atoms with Gasteiger partial charge in [-0.2, -0.15) is 4.57 Å². The number of benzene rings is 2. The van der Waals surface area contributed by atoms with Crippen LogP contribution < -0.4 is 24.6 Å². The Bertz CT molecular complexity index is 1560. The first-order chi connectivity index (χ1) is 19.2. The summed E-state index contributed by atoms with van der Waals surface area (Å²) in [5, 5.41) is 31.0. The van der Waals surface area contributed by atoms with Gasteiger partial charge in [-0.15, -0.1) is 0 Å². The lowest BCUT2D eigenvalue weighted by Gasteiger charge is -2.10. The van der Waals surface area contributed by atoms with Crippen molar-refractivity contribution < 1.29 is 38.4 Å². The molecule has 4 N–H and O–H groups in total. The molecule has 4 aromatic rings. The standard InChI is InChI=1S/C29H27B2N3O6/c1-20(2)28(35)32-29(36)25-14-24(18-34(19-25)17-23-9-4-6-12-27(23)40-30-37)21-10-7-13-33(15-21)16-22-8-3-5-11-26(22)31(38)39/h3-15,18-19,37-39H,1,16-17H2,2H3/q+1/p+1. The van der Waals surface area contributed by atoms with Crippen molar-refractivity contribution in [3.8, 4) is 16.9 Å². The summed E-state index contributed by atoms with van der Waals surface area (Å²) in [6, 6.07) is 19.7. The average molecular weight is 536 g/mol. The van der Waals surface area contributed by atoms with Gasteiger partial charge in [0.15, 0.2) is 37.9 Å². The lowest BCUT2D eigenvalue weighted by Crippen LogP contribution is -2.40. The summed E-state index contributed by atoms with van der Waals surface area (Å²) in [4.78, 5) is 25.2. The molecule has 40 heavy (non-hydrogen) atoms. The molecule has 2 heterocycles. The number of aromatic nitrogens is 2. The molecular formula is C29H28B2N3O6+2. The summed E-state index contributed by atoms with van der Waals surface area (Å²) in [5.41, 5.74) is 3.87. The van der Waals surface area contributed by atoms with Crippen molar-refractivity contribution in [2.45, 2.75) is 20.0 Å². The van der Waals surface area contributed by atoms with Crippen LogP contribution in [0.3, 0.4) is 0 Å². The normalized spacial score (nSPS) is 10.5. The maximum absolute atomic E-state index is 13.0. The second-order valence-electron chi connectivity index (χ2n) is 9.22. The van der Waals surface area contributed by atoms with E-state index in [1.54, 1.807) is 41.1 Å². The molecule has 11 heteroatoms. The maximum Gasteiger partial charge on any atom is 0.569 e. The van der Waals surface area contributed by atoms with Crippen LogP contribution in [-0.2, 0) is 17.9 Å². The lowest BCUT2D eigenvalue weighted by molar-refractivity contribution is -0.689. The second-order valence-corrected chi connectivity index (χ2v) is 9.22. The van der Waals surface area contributed by atoms with E-state index in [0.29, 0.717) is 37.6 Å². The molecule has 4 rings (SSSR count). The van der Waals surface area contributed by atoms with E-state index in [0.717, 1.165) is 16.7 Å². The van der Waals surface area contributed by atoms with Crippen LogP contribution in [0.5, 0.6) is 5.75 Å². The number of para-hydroxylation sites is 1. The lowest BCUT2D eigenvalue weighted by atomic mass is 9.77. The van der Waals surface area contributed by atoms with Gasteiger partial charge in [-0.3, -0.25) is 14.9 Å². The highest BCUT2D eigenvalue weighted by Crippen LogP contribution is 2.20. The quantitative estimate of drug-likeness (QED) is 0.133. The third-order valence-corrected chi connectivity index (χ3v) is 6.18. The largest absolute Gasteiger partial charge is 0.569 e. The van der Waals surface area contributed by atoms with Crippen LogP contribution in [0.25, 0.3) is 11.1 Å². The number of amides is 2. The van der Waals surface area contributed by atoms with E-state index >= 15 is 0 Å². The van der Waals surface area contributed by atoms with Gasteiger partial charge in [0, 0.05) is 17.2 Å². The van der Waals surface area contributed by atoms with Crippen LogP contribution in [0.2, 0.25) is 0 Å². The van der Waals surface area contributed by atoms with Crippen molar-refractivity contribution in [3.05, 3.63) is 120 Å². The van der Waals surface area contributed by atoms with Crippen molar-refractivity contribution in [1.82, 2.24) is 5.32 Å². The van der Waals surface area contributed by atoms with Crippen LogP contribution >= 0.6 is 0 Å². The Morgan fingerprint density at radius 3 is 2.33 bits per heavy atom. The van der Waals surface area contributed by atoms with E-state index in [1.165, 1.54) is 6.92 Å². The predicted molar refractivity (Wildman–Crippen MR) is 149 cm³/mol. The number of carbonyl (C=O) groups is 2. The van der Waals surface area contributed by atoms with Gasteiger partial charge in [-0.05, 0) is 36.7 Å². The first kappa shape index (κ1) is 28.4. The molecule has 0 bridgehead atoms.